The number of hydrogen-bond acceptors (Lipinski definition) is 3. The van der Waals surface area contributed by atoms with Gasteiger partial charge in [0, 0.05) is 13.6 Å². The molecule has 2 unspecified atom stereocenters. The third kappa shape index (κ3) is 4.94. The summed E-state index contributed by atoms with van der Waals surface area (Å²) in [5, 5.41) is 3.27. The van der Waals surface area contributed by atoms with Gasteiger partial charge >= 0.3 is 0 Å². The summed E-state index contributed by atoms with van der Waals surface area (Å²) in [6.45, 7) is 6.69. The molecule has 0 bridgehead atoms. The largest absolute Gasteiger partial charge is 0.316 e. The Bertz CT molecular complexity index is 310. The van der Waals surface area contributed by atoms with Gasteiger partial charge in [-0.05, 0) is 37.8 Å². The molecule has 1 heterocycles. The summed E-state index contributed by atoms with van der Waals surface area (Å²) in [4.78, 5) is 0. The second-order valence-electron chi connectivity index (χ2n) is 5.28. The molecule has 4 nitrogen and oxygen atoms in total. The second kappa shape index (κ2) is 6.71. The van der Waals surface area contributed by atoms with E-state index in [1.807, 2.05) is 0 Å². The molecule has 1 aliphatic rings. The molecule has 0 spiro atoms. The highest BCUT2D eigenvalue weighted by molar-refractivity contribution is 7.89. The summed E-state index contributed by atoms with van der Waals surface area (Å²) in [6.07, 6.45) is 3.14. The molecule has 0 saturated carbocycles. The van der Waals surface area contributed by atoms with Crippen molar-refractivity contribution in [3.05, 3.63) is 0 Å². The summed E-state index contributed by atoms with van der Waals surface area (Å²) in [5.41, 5.74) is 0. The summed E-state index contributed by atoms with van der Waals surface area (Å²) in [5.74, 6) is 1.01. The van der Waals surface area contributed by atoms with Crippen LogP contribution in [0.25, 0.3) is 0 Å². The van der Waals surface area contributed by atoms with Gasteiger partial charge in [0.15, 0.2) is 0 Å². The van der Waals surface area contributed by atoms with Crippen LogP contribution >= 0.6 is 0 Å². The maximum absolute atomic E-state index is 12.1. The van der Waals surface area contributed by atoms with E-state index >= 15 is 0 Å². The molecule has 0 aromatic rings. The molecule has 0 aromatic heterocycles. The van der Waals surface area contributed by atoms with Crippen molar-refractivity contribution >= 4 is 10.0 Å². The van der Waals surface area contributed by atoms with E-state index in [-0.39, 0.29) is 5.92 Å². The van der Waals surface area contributed by atoms with Gasteiger partial charge < -0.3 is 5.32 Å². The monoisotopic (exact) mass is 262 g/mol. The molecule has 0 amide bonds. The molecular formula is C12H26N2O2S. The Morgan fingerprint density at radius 3 is 2.71 bits per heavy atom. The van der Waals surface area contributed by atoms with E-state index in [1.54, 1.807) is 7.05 Å². The van der Waals surface area contributed by atoms with Crippen LogP contribution in [-0.2, 0) is 10.0 Å². The van der Waals surface area contributed by atoms with Crippen molar-refractivity contribution in [3.8, 4) is 0 Å². The zero-order chi connectivity index (χ0) is 12.9. The van der Waals surface area contributed by atoms with E-state index in [2.05, 4.69) is 19.2 Å². The topological polar surface area (TPSA) is 49.4 Å². The van der Waals surface area contributed by atoms with E-state index < -0.39 is 10.0 Å². The Morgan fingerprint density at radius 2 is 2.18 bits per heavy atom. The lowest BCUT2D eigenvalue weighted by Crippen LogP contribution is -2.39. The van der Waals surface area contributed by atoms with Gasteiger partial charge in [-0.25, -0.2) is 12.7 Å². The van der Waals surface area contributed by atoms with Crippen LogP contribution in [0.2, 0.25) is 0 Å². The minimum Gasteiger partial charge on any atom is -0.316 e. The van der Waals surface area contributed by atoms with Gasteiger partial charge in [0.05, 0.1) is 5.75 Å². The van der Waals surface area contributed by atoms with Crippen molar-refractivity contribution in [2.45, 2.75) is 33.1 Å². The van der Waals surface area contributed by atoms with Crippen molar-refractivity contribution in [3.63, 3.8) is 0 Å². The van der Waals surface area contributed by atoms with Gasteiger partial charge in [-0.1, -0.05) is 20.3 Å². The third-order valence-electron chi connectivity index (χ3n) is 3.59. The van der Waals surface area contributed by atoms with Crippen molar-refractivity contribution in [2.75, 3.05) is 32.4 Å². The minimum absolute atomic E-state index is 0.285. The molecule has 2 atom stereocenters. The van der Waals surface area contributed by atoms with E-state index in [0.717, 1.165) is 32.4 Å². The average Bonchev–Trinajstić information content (AvgIpc) is 2.29. The molecule has 1 rings (SSSR count). The van der Waals surface area contributed by atoms with Crippen LogP contribution in [-0.4, -0.2) is 45.2 Å². The first-order chi connectivity index (χ1) is 7.95. The fourth-order valence-corrected chi connectivity index (χ4v) is 3.79. The van der Waals surface area contributed by atoms with Gasteiger partial charge in [-0.2, -0.15) is 0 Å². The minimum atomic E-state index is -3.07. The molecule has 0 aliphatic carbocycles. The molecule has 5 heteroatoms. The Labute approximate surface area is 106 Å². The molecule has 17 heavy (non-hydrogen) atoms. The number of piperidine rings is 1. The van der Waals surface area contributed by atoms with Crippen LogP contribution in [0.5, 0.6) is 0 Å². The summed E-state index contributed by atoms with van der Waals surface area (Å²) < 4.78 is 25.8. The van der Waals surface area contributed by atoms with Crippen LogP contribution in [0.4, 0.5) is 0 Å². The smallest absolute Gasteiger partial charge is 0.214 e. The Balaban J connectivity index is 2.48. The fraction of sp³-hybridized carbons (Fsp3) is 1.00. The predicted octanol–water partition coefficient (Wildman–Crippen LogP) is 1.29. The summed E-state index contributed by atoms with van der Waals surface area (Å²) in [6, 6.07) is 0. The average molecular weight is 262 g/mol. The summed E-state index contributed by atoms with van der Waals surface area (Å²) >= 11 is 0. The van der Waals surface area contributed by atoms with Crippen LogP contribution in [0.3, 0.4) is 0 Å². The molecule has 1 saturated heterocycles. The Kier molecular flexibility index (Phi) is 5.89. The molecule has 1 fully saturated rings. The SMILES string of the molecule is CCC(C)CN(C)S(=O)(=O)CC1CCCNC1. The highest BCUT2D eigenvalue weighted by Crippen LogP contribution is 2.15. The first-order valence-corrected chi connectivity index (χ1v) is 8.21. The molecular weight excluding hydrogens is 236 g/mol. The molecule has 102 valence electrons. The van der Waals surface area contributed by atoms with Crippen LogP contribution in [0.15, 0.2) is 0 Å². The van der Waals surface area contributed by atoms with E-state index in [4.69, 9.17) is 0 Å². The van der Waals surface area contributed by atoms with Crippen molar-refractivity contribution < 1.29 is 8.42 Å². The lowest BCUT2D eigenvalue weighted by Gasteiger charge is -2.26. The maximum atomic E-state index is 12.1. The molecule has 1 aliphatic heterocycles. The Morgan fingerprint density at radius 1 is 1.47 bits per heavy atom. The van der Waals surface area contributed by atoms with E-state index in [9.17, 15) is 8.42 Å². The highest BCUT2D eigenvalue weighted by Gasteiger charge is 2.25. The number of sulfonamides is 1. The van der Waals surface area contributed by atoms with Crippen LogP contribution < -0.4 is 5.32 Å². The third-order valence-corrected chi connectivity index (χ3v) is 5.58. The van der Waals surface area contributed by atoms with Gasteiger partial charge in [-0.3, -0.25) is 0 Å². The molecule has 0 aromatic carbocycles. The van der Waals surface area contributed by atoms with Crippen molar-refractivity contribution in [1.82, 2.24) is 9.62 Å². The van der Waals surface area contributed by atoms with Crippen LogP contribution in [0.1, 0.15) is 33.1 Å². The first kappa shape index (κ1) is 14.9. The number of rotatable bonds is 6. The van der Waals surface area contributed by atoms with Gasteiger partial charge in [0.2, 0.25) is 10.0 Å². The lowest BCUT2D eigenvalue weighted by molar-refractivity contribution is 0.371. The molecule has 1 N–H and O–H groups in total. The van der Waals surface area contributed by atoms with E-state index in [1.165, 1.54) is 4.31 Å². The van der Waals surface area contributed by atoms with Gasteiger partial charge in [0.1, 0.15) is 0 Å². The van der Waals surface area contributed by atoms with Crippen molar-refractivity contribution in [1.29, 1.82) is 0 Å². The number of hydrogen-bond donors (Lipinski definition) is 1. The molecule has 0 radical (unpaired) electrons. The van der Waals surface area contributed by atoms with Gasteiger partial charge in [0.25, 0.3) is 0 Å². The zero-order valence-electron chi connectivity index (χ0n) is 11.3. The number of nitrogens with zero attached hydrogens (tertiary/aromatic N) is 1. The second-order valence-corrected chi connectivity index (χ2v) is 7.41. The Hall–Kier alpha value is -0.130. The normalized spacial score (nSPS) is 23.9. The van der Waals surface area contributed by atoms with E-state index in [0.29, 0.717) is 18.2 Å². The van der Waals surface area contributed by atoms with Crippen LogP contribution in [0, 0.1) is 11.8 Å². The standard InChI is InChI=1S/C12H26N2O2S/c1-4-11(2)9-14(3)17(15,16)10-12-6-5-7-13-8-12/h11-13H,4-10H2,1-3H3. The predicted molar refractivity (Wildman–Crippen MR) is 71.5 cm³/mol. The van der Waals surface area contributed by atoms with Gasteiger partial charge in [-0.15, -0.1) is 0 Å². The van der Waals surface area contributed by atoms with Crippen molar-refractivity contribution in [2.24, 2.45) is 11.8 Å². The number of nitrogens with one attached hydrogen (secondary N) is 1. The lowest BCUT2D eigenvalue weighted by atomic mass is 10.0. The highest BCUT2D eigenvalue weighted by atomic mass is 32.2. The zero-order valence-corrected chi connectivity index (χ0v) is 12.1. The maximum Gasteiger partial charge on any atom is 0.214 e. The first-order valence-electron chi connectivity index (χ1n) is 6.60. The quantitative estimate of drug-likeness (QED) is 0.785. The summed E-state index contributed by atoms with van der Waals surface area (Å²) in [7, 11) is -1.37. The fourth-order valence-electron chi connectivity index (χ4n) is 2.17.